The minimum Gasteiger partial charge on any atom is -0.379 e. The number of nitrogens with two attached hydrogens (primary N) is 1. The Morgan fingerprint density at radius 3 is 2.50 bits per heavy atom. The van der Waals surface area contributed by atoms with Crippen molar-refractivity contribution in [3.05, 3.63) is 0 Å². The first kappa shape index (κ1) is 10.4. The second-order valence-corrected chi connectivity index (χ2v) is 5.61. The molecule has 0 amide bonds. The fourth-order valence-electron chi connectivity index (χ4n) is 2.64. The first-order chi connectivity index (χ1) is 6.50. The van der Waals surface area contributed by atoms with Gasteiger partial charge in [-0.05, 0) is 5.92 Å². The maximum atomic E-state index is 6.04. The zero-order chi connectivity index (χ0) is 10.3. The Hall–Kier alpha value is -0.120. The zero-order valence-corrected chi connectivity index (χ0v) is 9.49. The molecule has 2 fully saturated rings. The standard InChI is InChI=1S/C11H22N2O/c1-8-4-13(5-9(8)12)10-6-14-7-11(10,2)3/h8-10H,4-7,12H2,1-3H3. The Morgan fingerprint density at radius 2 is 2.07 bits per heavy atom. The SMILES string of the molecule is CC1CN(C2COCC2(C)C)CC1N. The van der Waals surface area contributed by atoms with Gasteiger partial charge in [0.05, 0.1) is 13.2 Å². The molecule has 2 N–H and O–H groups in total. The molecule has 0 aromatic heterocycles. The minimum absolute atomic E-state index is 0.295. The molecule has 2 saturated heterocycles. The van der Waals surface area contributed by atoms with E-state index in [-0.39, 0.29) is 0 Å². The van der Waals surface area contributed by atoms with Gasteiger partial charge in [-0.3, -0.25) is 4.90 Å². The Bertz CT molecular complexity index is 207. The van der Waals surface area contributed by atoms with Gasteiger partial charge in [-0.15, -0.1) is 0 Å². The van der Waals surface area contributed by atoms with E-state index in [1.165, 1.54) is 0 Å². The van der Waals surface area contributed by atoms with E-state index in [1.807, 2.05) is 0 Å². The molecule has 3 nitrogen and oxygen atoms in total. The van der Waals surface area contributed by atoms with Crippen LogP contribution in [-0.4, -0.2) is 43.3 Å². The predicted octanol–water partition coefficient (Wildman–Crippen LogP) is 0.690. The largest absolute Gasteiger partial charge is 0.379 e. The monoisotopic (exact) mass is 198 g/mol. The molecule has 0 bridgehead atoms. The summed E-state index contributed by atoms with van der Waals surface area (Å²) in [5.41, 5.74) is 6.34. The van der Waals surface area contributed by atoms with E-state index in [0.29, 0.717) is 23.4 Å². The number of likely N-dealkylation sites (tertiary alicyclic amines) is 1. The first-order valence-electron chi connectivity index (χ1n) is 5.58. The van der Waals surface area contributed by atoms with Crippen LogP contribution in [-0.2, 0) is 4.74 Å². The Kier molecular flexibility index (Phi) is 2.58. The van der Waals surface area contributed by atoms with Crippen LogP contribution in [0.5, 0.6) is 0 Å². The number of hydrogen-bond acceptors (Lipinski definition) is 3. The van der Waals surface area contributed by atoms with Crippen molar-refractivity contribution in [3.63, 3.8) is 0 Å². The number of hydrogen-bond donors (Lipinski definition) is 1. The topological polar surface area (TPSA) is 38.5 Å². The van der Waals surface area contributed by atoms with Crippen molar-refractivity contribution in [2.24, 2.45) is 17.1 Å². The fourth-order valence-corrected chi connectivity index (χ4v) is 2.64. The van der Waals surface area contributed by atoms with Crippen LogP contribution in [0.3, 0.4) is 0 Å². The summed E-state index contributed by atoms with van der Waals surface area (Å²) in [5, 5.41) is 0. The molecule has 2 aliphatic rings. The smallest absolute Gasteiger partial charge is 0.0628 e. The molecule has 0 aliphatic carbocycles. The average Bonchev–Trinajstić information content (AvgIpc) is 2.56. The van der Waals surface area contributed by atoms with Crippen LogP contribution in [0.1, 0.15) is 20.8 Å². The van der Waals surface area contributed by atoms with Gasteiger partial charge in [0.15, 0.2) is 0 Å². The summed E-state index contributed by atoms with van der Waals surface area (Å²) in [6.45, 7) is 10.8. The molecular weight excluding hydrogens is 176 g/mol. The third kappa shape index (κ3) is 1.69. The van der Waals surface area contributed by atoms with E-state index in [4.69, 9.17) is 10.5 Å². The van der Waals surface area contributed by atoms with Crippen LogP contribution in [0.15, 0.2) is 0 Å². The second kappa shape index (κ2) is 3.47. The molecule has 3 unspecified atom stereocenters. The molecule has 3 heteroatoms. The second-order valence-electron chi connectivity index (χ2n) is 5.61. The molecular formula is C11H22N2O. The lowest BCUT2D eigenvalue weighted by atomic mass is 9.87. The molecule has 14 heavy (non-hydrogen) atoms. The van der Waals surface area contributed by atoms with E-state index in [9.17, 15) is 0 Å². The van der Waals surface area contributed by atoms with Gasteiger partial charge in [-0.25, -0.2) is 0 Å². The van der Waals surface area contributed by atoms with Crippen molar-refractivity contribution in [1.82, 2.24) is 4.90 Å². The summed E-state index contributed by atoms with van der Waals surface area (Å²) in [5.74, 6) is 0.631. The highest BCUT2D eigenvalue weighted by molar-refractivity contribution is 4.96. The van der Waals surface area contributed by atoms with Gasteiger partial charge in [0.1, 0.15) is 0 Å². The summed E-state index contributed by atoms with van der Waals surface area (Å²) >= 11 is 0. The van der Waals surface area contributed by atoms with Gasteiger partial charge in [0.2, 0.25) is 0 Å². The van der Waals surface area contributed by atoms with Crippen molar-refractivity contribution in [1.29, 1.82) is 0 Å². The zero-order valence-electron chi connectivity index (χ0n) is 9.49. The van der Waals surface area contributed by atoms with E-state index < -0.39 is 0 Å². The maximum Gasteiger partial charge on any atom is 0.0628 e. The number of nitrogens with zero attached hydrogens (tertiary/aromatic N) is 1. The number of rotatable bonds is 1. The molecule has 0 spiro atoms. The molecule has 0 saturated carbocycles. The predicted molar refractivity (Wildman–Crippen MR) is 57.1 cm³/mol. The lowest BCUT2D eigenvalue weighted by molar-refractivity contribution is 0.149. The van der Waals surface area contributed by atoms with Crippen LogP contribution in [0.25, 0.3) is 0 Å². The van der Waals surface area contributed by atoms with Crippen LogP contribution >= 0.6 is 0 Å². The molecule has 0 radical (unpaired) electrons. The third-order valence-corrected chi connectivity index (χ3v) is 3.79. The van der Waals surface area contributed by atoms with Gasteiger partial charge in [-0.2, -0.15) is 0 Å². The quantitative estimate of drug-likeness (QED) is 0.674. The summed E-state index contributed by atoms with van der Waals surface area (Å²) in [6, 6.07) is 0.921. The Labute approximate surface area is 86.6 Å². The van der Waals surface area contributed by atoms with E-state index in [1.54, 1.807) is 0 Å². The molecule has 2 rings (SSSR count). The van der Waals surface area contributed by atoms with Gasteiger partial charge < -0.3 is 10.5 Å². The third-order valence-electron chi connectivity index (χ3n) is 3.79. The van der Waals surface area contributed by atoms with Gasteiger partial charge in [0.25, 0.3) is 0 Å². The number of ether oxygens (including phenoxy) is 1. The maximum absolute atomic E-state index is 6.04. The van der Waals surface area contributed by atoms with Crippen molar-refractivity contribution < 1.29 is 4.74 Å². The highest BCUT2D eigenvalue weighted by atomic mass is 16.5. The van der Waals surface area contributed by atoms with Crippen molar-refractivity contribution in [2.75, 3.05) is 26.3 Å². The van der Waals surface area contributed by atoms with Crippen LogP contribution in [0, 0.1) is 11.3 Å². The lowest BCUT2D eigenvalue weighted by Gasteiger charge is -2.32. The van der Waals surface area contributed by atoms with Crippen molar-refractivity contribution >= 4 is 0 Å². The van der Waals surface area contributed by atoms with E-state index in [0.717, 1.165) is 26.3 Å². The van der Waals surface area contributed by atoms with E-state index >= 15 is 0 Å². The first-order valence-corrected chi connectivity index (χ1v) is 5.58. The average molecular weight is 198 g/mol. The van der Waals surface area contributed by atoms with Crippen LogP contribution in [0.4, 0.5) is 0 Å². The highest BCUT2D eigenvalue weighted by Gasteiger charge is 2.42. The summed E-state index contributed by atoms with van der Waals surface area (Å²) in [7, 11) is 0. The fraction of sp³-hybridized carbons (Fsp3) is 1.00. The van der Waals surface area contributed by atoms with Crippen LogP contribution in [0.2, 0.25) is 0 Å². The normalized spacial score (nSPS) is 43.3. The van der Waals surface area contributed by atoms with Crippen LogP contribution < -0.4 is 5.73 Å². The Morgan fingerprint density at radius 1 is 1.36 bits per heavy atom. The Balaban J connectivity index is 2.03. The van der Waals surface area contributed by atoms with Crippen molar-refractivity contribution in [3.8, 4) is 0 Å². The molecule has 0 aromatic carbocycles. The van der Waals surface area contributed by atoms with Crippen molar-refractivity contribution in [2.45, 2.75) is 32.9 Å². The molecule has 3 atom stereocenters. The molecule has 2 aliphatic heterocycles. The molecule has 2 heterocycles. The van der Waals surface area contributed by atoms with Gasteiger partial charge >= 0.3 is 0 Å². The summed E-state index contributed by atoms with van der Waals surface area (Å²) in [4.78, 5) is 2.52. The van der Waals surface area contributed by atoms with Gasteiger partial charge in [0, 0.05) is 30.6 Å². The minimum atomic E-state index is 0.295. The lowest BCUT2D eigenvalue weighted by Crippen LogP contribution is -2.44. The highest BCUT2D eigenvalue weighted by Crippen LogP contribution is 2.34. The van der Waals surface area contributed by atoms with Gasteiger partial charge in [-0.1, -0.05) is 20.8 Å². The summed E-state index contributed by atoms with van der Waals surface area (Å²) in [6.07, 6.45) is 0. The summed E-state index contributed by atoms with van der Waals surface area (Å²) < 4.78 is 5.57. The molecule has 0 aromatic rings. The molecule has 82 valence electrons. The van der Waals surface area contributed by atoms with E-state index in [2.05, 4.69) is 25.7 Å².